The Morgan fingerprint density at radius 3 is 2.47 bits per heavy atom. The maximum atomic E-state index is 13.1. The molecule has 1 aromatic carbocycles. The van der Waals surface area contributed by atoms with E-state index in [4.69, 9.17) is 0 Å². The van der Waals surface area contributed by atoms with Gasteiger partial charge in [0.1, 0.15) is 11.4 Å². The number of rotatable bonds is 2. The standard InChI is InChI=1S/C13H13F3N2O/c1-8-4-3-5-9(10(8)13(14,15)16)12(2,19)11-17-6-7-18-11/h3-7,19H,1-2H3,(H,17,18). The van der Waals surface area contributed by atoms with Gasteiger partial charge < -0.3 is 10.1 Å². The molecular formula is C13H13F3N2O. The predicted octanol–water partition coefficient (Wildman–Crippen LogP) is 2.99. The zero-order chi connectivity index (χ0) is 14.3. The molecule has 0 saturated heterocycles. The summed E-state index contributed by atoms with van der Waals surface area (Å²) in [5.41, 5.74) is -2.80. The molecule has 6 heteroatoms. The van der Waals surface area contributed by atoms with Crippen LogP contribution in [0.25, 0.3) is 0 Å². The largest absolute Gasteiger partial charge is 0.417 e. The molecule has 0 fully saturated rings. The van der Waals surface area contributed by atoms with Gasteiger partial charge in [-0.25, -0.2) is 4.98 Å². The minimum absolute atomic E-state index is 0.0665. The average Bonchev–Trinajstić information content (AvgIpc) is 2.80. The second-order valence-electron chi connectivity index (χ2n) is 4.51. The van der Waals surface area contributed by atoms with Crippen LogP contribution in [0.3, 0.4) is 0 Å². The Hall–Kier alpha value is -1.82. The van der Waals surface area contributed by atoms with Crippen molar-refractivity contribution in [2.75, 3.05) is 0 Å². The number of alkyl halides is 3. The number of hydrogen-bond donors (Lipinski definition) is 2. The molecule has 1 aromatic heterocycles. The zero-order valence-corrected chi connectivity index (χ0v) is 10.4. The molecule has 0 saturated carbocycles. The van der Waals surface area contributed by atoms with E-state index in [1.54, 1.807) is 0 Å². The summed E-state index contributed by atoms with van der Waals surface area (Å²) in [6.45, 7) is 2.65. The number of H-pyrrole nitrogens is 1. The van der Waals surface area contributed by atoms with Crippen molar-refractivity contribution in [3.8, 4) is 0 Å². The van der Waals surface area contributed by atoms with Crippen LogP contribution in [0.2, 0.25) is 0 Å². The molecule has 3 nitrogen and oxygen atoms in total. The van der Waals surface area contributed by atoms with Gasteiger partial charge in [0.25, 0.3) is 0 Å². The van der Waals surface area contributed by atoms with Gasteiger partial charge in [-0.2, -0.15) is 13.2 Å². The molecule has 102 valence electrons. The van der Waals surface area contributed by atoms with Crippen molar-refractivity contribution in [1.29, 1.82) is 0 Å². The number of nitrogens with one attached hydrogen (secondary N) is 1. The molecule has 2 rings (SSSR count). The lowest BCUT2D eigenvalue weighted by Crippen LogP contribution is -2.29. The van der Waals surface area contributed by atoms with Crippen LogP contribution in [0.4, 0.5) is 13.2 Å². The number of benzene rings is 1. The maximum Gasteiger partial charge on any atom is 0.417 e. The highest BCUT2D eigenvalue weighted by atomic mass is 19.4. The molecule has 0 aliphatic rings. The maximum absolute atomic E-state index is 13.1. The quantitative estimate of drug-likeness (QED) is 0.881. The van der Waals surface area contributed by atoms with Crippen LogP contribution in [0.1, 0.15) is 29.4 Å². The Balaban J connectivity index is 2.67. The number of nitrogens with zero attached hydrogens (tertiary/aromatic N) is 1. The highest BCUT2D eigenvalue weighted by molar-refractivity contribution is 5.42. The fourth-order valence-corrected chi connectivity index (χ4v) is 2.11. The number of aliphatic hydroxyl groups is 1. The van der Waals surface area contributed by atoms with Gasteiger partial charge >= 0.3 is 6.18 Å². The first kappa shape index (κ1) is 13.6. The molecule has 1 atom stereocenters. The van der Waals surface area contributed by atoms with Crippen molar-refractivity contribution in [2.24, 2.45) is 0 Å². The summed E-state index contributed by atoms with van der Waals surface area (Å²) in [4.78, 5) is 6.49. The van der Waals surface area contributed by atoms with E-state index in [1.165, 1.54) is 44.4 Å². The molecular weight excluding hydrogens is 257 g/mol. The molecule has 1 heterocycles. The van der Waals surface area contributed by atoms with Crippen LogP contribution in [0, 0.1) is 6.92 Å². The number of aromatic amines is 1. The van der Waals surface area contributed by atoms with E-state index in [0.29, 0.717) is 0 Å². The van der Waals surface area contributed by atoms with Gasteiger partial charge in [-0.05, 0) is 19.4 Å². The van der Waals surface area contributed by atoms with E-state index in [1.807, 2.05) is 0 Å². The number of aryl methyl sites for hydroxylation is 1. The van der Waals surface area contributed by atoms with Crippen molar-refractivity contribution < 1.29 is 18.3 Å². The topological polar surface area (TPSA) is 48.9 Å². The highest BCUT2D eigenvalue weighted by Gasteiger charge is 2.41. The van der Waals surface area contributed by atoms with E-state index in [0.717, 1.165) is 0 Å². The van der Waals surface area contributed by atoms with Crippen LogP contribution in [-0.2, 0) is 11.8 Å². The SMILES string of the molecule is Cc1cccc(C(C)(O)c2ncc[nH]2)c1C(F)(F)F. The minimum atomic E-state index is -4.53. The number of halogens is 3. The van der Waals surface area contributed by atoms with Crippen molar-refractivity contribution in [3.63, 3.8) is 0 Å². The summed E-state index contributed by atoms with van der Waals surface area (Å²) >= 11 is 0. The predicted molar refractivity (Wildman–Crippen MR) is 63.4 cm³/mol. The molecule has 1 unspecified atom stereocenters. The third-order valence-electron chi connectivity index (χ3n) is 3.04. The van der Waals surface area contributed by atoms with Gasteiger partial charge in [-0.15, -0.1) is 0 Å². The Bertz CT molecular complexity index is 574. The van der Waals surface area contributed by atoms with Gasteiger partial charge in [0, 0.05) is 18.0 Å². The van der Waals surface area contributed by atoms with Gasteiger partial charge in [0.05, 0.1) is 5.56 Å². The van der Waals surface area contributed by atoms with Crippen molar-refractivity contribution in [3.05, 3.63) is 53.1 Å². The Labute approximate surface area is 108 Å². The molecule has 0 radical (unpaired) electrons. The monoisotopic (exact) mass is 270 g/mol. The van der Waals surface area contributed by atoms with E-state index >= 15 is 0 Å². The van der Waals surface area contributed by atoms with E-state index in [9.17, 15) is 18.3 Å². The lowest BCUT2D eigenvalue weighted by molar-refractivity contribution is -0.140. The third kappa shape index (κ3) is 2.35. The molecule has 0 bridgehead atoms. The van der Waals surface area contributed by atoms with E-state index < -0.39 is 17.3 Å². The molecule has 0 aliphatic carbocycles. The van der Waals surface area contributed by atoms with Gasteiger partial charge in [0.15, 0.2) is 0 Å². The fourth-order valence-electron chi connectivity index (χ4n) is 2.11. The summed E-state index contributed by atoms with van der Waals surface area (Å²) in [6.07, 6.45) is -1.70. The summed E-state index contributed by atoms with van der Waals surface area (Å²) < 4.78 is 39.4. The third-order valence-corrected chi connectivity index (χ3v) is 3.04. The second kappa shape index (κ2) is 4.38. The Morgan fingerprint density at radius 1 is 1.26 bits per heavy atom. The summed E-state index contributed by atoms with van der Waals surface area (Å²) in [7, 11) is 0. The fraction of sp³-hybridized carbons (Fsp3) is 0.308. The Morgan fingerprint density at radius 2 is 1.95 bits per heavy atom. The normalized spacial score (nSPS) is 15.3. The van der Waals surface area contributed by atoms with Crippen LogP contribution in [0.15, 0.2) is 30.6 Å². The van der Waals surface area contributed by atoms with Gasteiger partial charge in [-0.1, -0.05) is 18.2 Å². The second-order valence-corrected chi connectivity index (χ2v) is 4.51. The minimum Gasteiger partial charge on any atom is -0.377 e. The first-order valence-corrected chi connectivity index (χ1v) is 5.64. The van der Waals surface area contributed by atoms with Gasteiger partial charge in [0.2, 0.25) is 0 Å². The van der Waals surface area contributed by atoms with Crippen molar-refractivity contribution >= 4 is 0 Å². The zero-order valence-electron chi connectivity index (χ0n) is 10.4. The summed E-state index contributed by atoms with van der Waals surface area (Å²) in [6, 6.07) is 4.11. The van der Waals surface area contributed by atoms with Crippen LogP contribution < -0.4 is 0 Å². The van der Waals surface area contributed by atoms with Crippen LogP contribution in [-0.4, -0.2) is 15.1 Å². The lowest BCUT2D eigenvalue weighted by Gasteiger charge is -2.26. The molecule has 2 N–H and O–H groups in total. The van der Waals surface area contributed by atoms with Gasteiger partial charge in [-0.3, -0.25) is 0 Å². The molecule has 0 aliphatic heterocycles. The molecule has 0 amide bonds. The van der Waals surface area contributed by atoms with E-state index in [-0.39, 0.29) is 17.0 Å². The first-order valence-electron chi connectivity index (χ1n) is 5.64. The molecule has 19 heavy (non-hydrogen) atoms. The molecule has 2 aromatic rings. The smallest absolute Gasteiger partial charge is 0.377 e. The van der Waals surface area contributed by atoms with Crippen LogP contribution in [0.5, 0.6) is 0 Å². The average molecular weight is 270 g/mol. The van der Waals surface area contributed by atoms with Crippen molar-refractivity contribution in [2.45, 2.75) is 25.6 Å². The van der Waals surface area contributed by atoms with Crippen molar-refractivity contribution in [1.82, 2.24) is 9.97 Å². The number of hydrogen-bond acceptors (Lipinski definition) is 2. The first-order chi connectivity index (χ1) is 8.74. The lowest BCUT2D eigenvalue weighted by atomic mass is 9.88. The van der Waals surface area contributed by atoms with E-state index in [2.05, 4.69) is 9.97 Å². The highest BCUT2D eigenvalue weighted by Crippen LogP contribution is 2.40. The number of aromatic nitrogens is 2. The number of imidazole rings is 1. The summed E-state index contributed by atoms with van der Waals surface area (Å²) in [5, 5.41) is 10.4. The van der Waals surface area contributed by atoms with Crippen LogP contribution >= 0.6 is 0 Å². The Kier molecular flexibility index (Phi) is 3.14. The summed E-state index contributed by atoms with van der Waals surface area (Å²) in [5.74, 6) is 0.0728. The molecule has 0 spiro atoms.